The number of carbonyl (C=O) groups excluding carboxylic acids is 2. The first kappa shape index (κ1) is 24.6. The summed E-state index contributed by atoms with van der Waals surface area (Å²) in [4.78, 5) is 45.1. The van der Waals surface area contributed by atoms with E-state index in [-0.39, 0.29) is 30.1 Å². The van der Waals surface area contributed by atoms with E-state index >= 15 is 0 Å². The number of fused-ring (bicyclic) bond motifs is 1. The number of ether oxygens (including phenoxy) is 1. The highest BCUT2D eigenvalue weighted by Gasteiger charge is 2.27. The Morgan fingerprint density at radius 1 is 1.15 bits per heavy atom. The van der Waals surface area contributed by atoms with Crippen molar-refractivity contribution in [2.24, 2.45) is 0 Å². The van der Waals surface area contributed by atoms with E-state index in [0.29, 0.717) is 27.4 Å². The number of nitrogens with zero attached hydrogens (tertiary/aromatic N) is 3. The third-order valence-corrected chi connectivity index (χ3v) is 6.31. The number of benzene rings is 1. The smallest absolute Gasteiger partial charge is 0.337 e. The van der Waals surface area contributed by atoms with Crippen LogP contribution in [0.25, 0.3) is 10.9 Å². The summed E-state index contributed by atoms with van der Waals surface area (Å²) in [5, 5.41) is 0.258. The van der Waals surface area contributed by atoms with Crippen LogP contribution in [0.2, 0.25) is 0 Å². The molecule has 176 valence electrons. The van der Waals surface area contributed by atoms with Crippen molar-refractivity contribution in [1.29, 1.82) is 0 Å². The number of methoxy groups -OCH3 is 1. The van der Waals surface area contributed by atoms with Crippen LogP contribution in [-0.2, 0) is 16.1 Å². The first-order chi connectivity index (χ1) is 15.6. The minimum atomic E-state index is -0.513. The second-order valence-electron chi connectivity index (χ2n) is 8.28. The summed E-state index contributed by atoms with van der Waals surface area (Å²) in [6.45, 7) is 9.89. The summed E-state index contributed by atoms with van der Waals surface area (Å²) in [5.74, 6) is 0.0455. The fourth-order valence-electron chi connectivity index (χ4n) is 3.76. The van der Waals surface area contributed by atoms with Crippen molar-refractivity contribution in [1.82, 2.24) is 14.5 Å². The molecule has 0 bridgehead atoms. The van der Waals surface area contributed by atoms with Crippen LogP contribution in [-0.4, -0.2) is 50.8 Å². The molecule has 0 aliphatic rings. The summed E-state index contributed by atoms with van der Waals surface area (Å²) >= 11 is 1.22. The molecule has 0 N–H and O–H groups in total. The summed E-state index contributed by atoms with van der Waals surface area (Å²) in [6.07, 6.45) is 1.54. The molecular weight excluding hydrogens is 442 g/mol. The largest absolute Gasteiger partial charge is 0.467 e. The topological polar surface area (TPSA) is 94.6 Å². The molecule has 3 aromatic rings. The van der Waals surface area contributed by atoms with E-state index in [1.54, 1.807) is 24.5 Å². The predicted octanol–water partition coefficient (Wildman–Crippen LogP) is 3.95. The predicted molar refractivity (Wildman–Crippen MR) is 128 cm³/mol. The molecule has 0 saturated carbocycles. The standard InChI is InChI=1S/C24H29N3O5S/c1-14(2)27(15(3)4)21(28)16(5)33-24-25-20-12-17(23(30)31-6)9-10-19(20)22(29)26(24)13-18-8-7-11-32-18/h7-12,14-16H,13H2,1-6H3. The molecule has 0 radical (unpaired) electrons. The van der Waals surface area contributed by atoms with Gasteiger partial charge in [0.2, 0.25) is 5.91 Å². The molecule has 0 saturated heterocycles. The van der Waals surface area contributed by atoms with Crippen LogP contribution in [0.4, 0.5) is 0 Å². The number of hydrogen-bond donors (Lipinski definition) is 0. The summed E-state index contributed by atoms with van der Waals surface area (Å²) in [5.41, 5.74) is 0.386. The highest BCUT2D eigenvalue weighted by molar-refractivity contribution is 8.00. The van der Waals surface area contributed by atoms with E-state index in [1.165, 1.54) is 35.6 Å². The van der Waals surface area contributed by atoms with Gasteiger partial charge >= 0.3 is 5.97 Å². The van der Waals surface area contributed by atoms with Gasteiger partial charge in [-0.3, -0.25) is 14.2 Å². The van der Waals surface area contributed by atoms with Crippen molar-refractivity contribution in [2.75, 3.05) is 7.11 Å². The first-order valence-electron chi connectivity index (χ1n) is 10.8. The highest BCUT2D eigenvalue weighted by atomic mass is 32.2. The van der Waals surface area contributed by atoms with Gasteiger partial charge in [-0.1, -0.05) is 11.8 Å². The Balaban J connectivity index is 2.09. The highest BCUT2D eigenvalue weighted by Crippen LogP contribution is 2.26. The Kier molecular flexibility index (Phi) is 7.63. The maximum Gasteiger partial charge on any atom is 0.337 e. The fraction of sp³-hybridized carbons (Fsp3) is 0.417. The van der Waals surface area contributed by atoms with Gasteiger partial charge in [0.05, 0.1) is 41.6 Å². The van der Waals surface area contributed by atoms with E-state index in [9.17, 15) is 14.4 Å². The van der Waals surface area contributed by atoms with Crippen LogP contribution in [0.15, 0.2) is 51.0 Å². The molecule has 2 heterocycles. The van der Waals surface area contributed by atoms with Crippen LogP contribution in [0, 0.1) is 0 Å². The van der Waals surface area contributed by atoms with Crippen molar-refractivity contribution in [2.45, 2.75) is 63.7 Å². The van der Waals surface area contributed by atoms with Crippen LogP contribution >= 0.6 is 11.8 Å². The molecule has 1 aromatic carbocycles. The zero-order valence-electron chi connectivity index (χ0n) is 19.7. The zero-order valence-corrected chi connectivity index (χ0v) is 20.5. The number of aromatic nitrogens is 2. The minimum absolute atomic E-state index is 0.0350. The van der Waals surface area contributed by atoms with Crippen LogP contribution in [0.3, 0.4) is 0 Å². The monoisotopic (exact) mass is 471 g/mol. The van der Waals surface area contributed by atoms with Crippen molar-refractivity contribution in [3.05, 3.63) is 58.3 Å². The lowest BCUT2D eigenvalue weighted by molar-refractivity contribution is -0.133. The molecule has 8 nitrogen and oxygen atoms in total. The molecule has 0 aliphatic carbocycles. The number of rotatable bonds is 8. The van der Waals surface area contributed by atoms with Crippen molar-refractivity contribution < 1.29 is 18.7 Å². The van der Waals surface area contributed by atoms with Crippen molar-refractivity contribution >= 4 is 34.5 Å². The van der Waals surface area contributed by atoms with Gasteiger partial charge in [0.25, 0.3) is 5.56 Å². The van der Waals surface area contributed by atoms with Gasteiger partial charge in [-0.15, -0.1) is 0 Å². The van der Waals surface area contributed by atoms with Crippen LogP contribution in [0.1, 0.15) is 50.7 Å². The van der Waals surface area contributed by atoms with Gasteiger partial charge in [-0.2, -0.15) is 0 Å². The lowest BCUT2D eigenvalue weighted by atomic mass is 10.1. The second-order valence-corrected chi connectivity index (χ2v) is 9.59. The Bertz CT molecular complexity index is 1190. The third kappa shape index (κ3) is 5.30. The van der Waals surface area contributed by atoms with Gasteiger partial charge in [0, 0.05) is 12.1 Å². The number of furan rings is 1. The minimum Gasteiger partial charge on any atom is -0.467 e. The molecule has 9 heteroatoms. The average Bonchev–Trinajstić information content (AvgIpc) is 3.28. The number of esters is 1. The SMILES string of the molecule is COC(=O)c1ccc2c(=O)n(Cc3ccco3)c(SC(C)C(=O)N(C(C)C)C(C)C)nc2c1. The van der Waals surface area contributed by atoms with Gasteiger partial charge in [-0.25, -0.2) is 9.78 Å². The van der Waals surface area contributed by atoms with Gasteiger partial charge in [-0.05, 0) is 65.0 Å². The molecule has 1 amide bonds. The van der Waals surface area contributed by atoms with E-state index in [4.69, 9.17) is 9.15 Å². The third-order valence-electron chi connectivity index (χ3n) is 5.23. The Hall–Kier alpha value is -3.07. The molecule has 1 unspecified atom stereocenters. The number of thioether (sulfide) groups is 1. The normalized spacial score (nSPS) is 12.4. The maximum absolute atomic E-state index is 13.4. The quantitative estimate of drug-likeness (QED) is 0.279. The lowest BCUT2D eigenvalue weighted by Gasteiger charge is -2.33. The summed E-state index contributed by atoms with van der Waals surface area (Å²) in [7, 11) is 1.30. The fourth-order valence-corrected chi connectivity index (χ4v) is 4.72. The molecule has 0 spiro atoms. The molecule has 0 aliphatic heterocycles. The number of amides is 1. The van der Waals surface area contributed by atoms with E-state index in [2.05, 4.69) is 4.98 Å². The van der Waals surface area contributed by atoms with E-state index in [0.717, 1.165) is 0 Å². The molecule has 33 heavy (non-hydrogen) atoms. The van der Waals surface area contributed by atoms with Gasteiger partial charge in [0.1, 0.15) is 5.76 Å². The van der Waals surface area contributed by atoms with Crippen molar-refractivity contribution in [3.8, 4) is 0 Å². The summed E-state index contributed by atoms with van der Waals surface area (Å²) < 4.78 is 11.7. The maximum atomic E-state index is 13.4. The van der Waals surface area contributed by atoms with Crippen LogP contribution in [0.5, 0.6) is 0 Å². The Morgan fingerprint density at radius 3 is 2.42 bits per heavy atom. The molecular formula is C24H29N3O5S. The van der Waals surface area contributed by atoms with Crippen LogP contribution < -0.4 is 5.56 Å². The van der Waals surface area contributed by atoms with E-state index < -0.39 is 11.2 Å². The Labute approximate surface area is 196 Å². The molecule has 3 rings (SSSR count). The van der Waals surface area contributed by atoms with Crippen molar-refractivity contribution in [3.63, 3.8) is 0 Å². The first-order valence-corrected chi connectivity index (χ1v) is 11.7. The average molecular weight is 472 g/mol. The molecule has 1 atom stereocenters. The number of carbonyl (C=O) groups is 2. The van der Waals surface area contributed by atoms with Gasteiger partial charge < -0.3 is 14.1 Å². The Morgan fingerprint density at radius 2 is 1.85 bits per heavy atom. The van der Waals surface area contributed by atoms with E-state index in [1.807, 2.05) is 39.5 Å². The van der Waals surface area contributed by atoms with Gasteiger partial charge in [0.15, 0.2) is 5.16 Å². The number of hydrogen-bond acceptors (Lipinski definition) is 7. The lowest BCUT2D eigenvalue weighted by Crippen LogP contribution is -2.45. The molecule has 0 fully saturated rings. The second kappa shape index (κ2) is 10.2. The zero-order chi connectivity index (χ0) is 24.3. The molecule has 2 aromatic heterocycles. The summed E-state index contributed by atoms with van der Waals surface area (Å²) in [6, 6.07) is 8.24.